The molecule has 0 N–H and O–H groups in total. The molecule has 0 saturated carbocycles. The van der Waals surface area contributed by atoms with Crippen molar-refractivity contribution in [2.45, 2.75) is 25.6 Å². The summed E-state index contributed by atoms with van der Waals surface area (Å²) in [6.07, 6.45) is -9.77. The molecule has 2 nitrogen and oxygen atoms in total. The van der Waals surface area contributed by atoms with E-state index in [-0.39, 0.29) is 25.7 Å². The Bertz CT molecular complexity index is 395. The molecule has 3 atom stereocenters. The number of halogens is 7. The summed E-state index contributed by atoms with van der Waals surface area (Å²) in [5.41, 5.74) is 0. The van der Waals surface area contributed by atoms with Gasteiger partial charge in [0.1, 0.15) is 11.5 Å². The molecule has 22 heavy (non-hydrogen) atoms. The molecule has 0 aliphatic heterocycles. The second-order valence-corrected chi connectivity index (χ2v) is 4.01. The molecule has 0 amide bonds. The van der Waals surface area contributed by atoms with E-state index in [2.05, 4.69) is 36.7 Å². The van der Waals surface area contributed by atoms with Crippen molar-refractivity contribution in [3.8, 4) is 11.5 Å². The van der Waals surface area contributed by atoms with Gasteiger partial charge in [-0.05, 0) is 17.4 Å². The van der Waals surface area contributed by atoms with E-state index in [0.717, 1.165) is 18.2 Å². The number of benzene rings is 1. The Labute approximate surface area is 144 Å². The monoisotopic (exact) mass is 461 g/mol. The SMILES string of the molecule is FC(F)C(F)Oc1cc(P)cc(OC(F)C(F)F)c1.[CH2-]Cl.[Pd]. The molecular formula is C11H11ClF6O2PPd-. The van der Waals surface area contributed by atoms with Crippen LogP contribution in [0.15, 0.2) is 18.2 Å². The van der Waals surface area contributed by atoms with E-state index < -0.39 is 37.1 Å². The van der Waals surface area contributed by atoms with Crippen LogP contribution in [-0.4, -0.2) is 25.6 Å². The Kier molecular flexibility index (Phi) is 13.4. The van der Waals surface area contributed by atoms with E-state index in [9.17, 15) is 26.3 Å². The zero-order chi connectivity index (χ0) is 16.6. The topological polar surface area (TPSA) is 18.5 Å². The third-order valence-electron chi connectivity index (χ3n) is 1.80. The van der Waals surface area contributed by atoms with Gasteiger partial charge in [-0.25, -0.2) is 17.6 Å². The summed E-state index contributed by atoms with van der Waals surface area (Å²) >= 11 is 4.39. The van der Waals surface area contributed by atoms with Crippen LogP contribution in [0.5, 0.6) is 11.5 Å². The maximum Gasteiger partial charge on any atom is 0.304 e. The quantitative estimate of drug-likeness (QED) is 0.275. The average Bonchev–Trinajstić information content (AvgIpc) is 2.39. The van der Waals surface area contributed by atoms with Crippen molar-refractivity contribution in [2.24, 2.45) is 0 Å². The first kappa shape index (κ1) is 24.0. The smallest absolute Gasteiger partial charge is 0.304 e. The average molecular weight is 462 g/mol. The van der Waals surface area contributed by atoms with E-state index in [1.807, 2.05) is 0 Å². The van der Waals surface area contributed by atoms with E-state index >= 15 is 0 Å². The molecule has 0 heterocycles. The summed E-state index contributed by atoms with van der Waals surface area (Å²) in [5, 5.41) is 0.260. The molecule has 0 fully saturated rings. The molecule has 0 aromatic heterocycles. The standard InChI is InChI=1S/C10H9F6O2P.CH2Cl.Pd/c11-7(12)9(15)17-4-1-5(3-6(19)2-4)18-10(16)8(13)14;1-2;/h1-3,7-10H,19H2;1H2;/q;-1;. The molecule has 1 rings (SSSR count). The molecule has 0 bridgehead atoms. The summed E-state index contributed by atoms with van der Waals surface area (Å²) in [7, 11) is 2.09. The summed E-state index contributed by atoms with van der Waals surface area (Å²) in [6.45, 7) is 0. The molecule has 1 aromatic rings. The largest absolute Gasteiger partial charge is 0.454 e. The summed E-state index contributed by atoms with van der Waals surface area (Å²) in [4.78, 5) is 0. The molecule has 0 saturated heterocycles. The zero-order valence-corrected chi connectivity index (χ0v) is 14.1. The Morgan fingerprint density at radius 2 is 1.14 bits per heavy atom. The van der Waals surface area contributed by atoms with Crippen molar-refractivity contribution in [2.75, 3.05) is 0 Å². The molecule has 0 aliphatic rings. The van der Waals surface area contributed by atoms with Gasteiger partial charge >= 0.3 is 12.9 Å². The van der Waals surface area contributed by atoms with Gasteiger partial charge in [-0.1, -0.05) is 0 Å². The van der Waals surface area contributed by atoms with Crippen LogP contribution < -0.4 is 14.8 Å². The van der Waals surface area contributed by atoms with Gasteiger partial charge in [0.15, 0.2) is 0 Å². The molecule has 132 valence electrons. The van der Waals surface area contributed by atoms with Gasteiger partial charge < -0.3 is 21.1 Å². The molecular weight excluding hydrogens is 451 g/mol. The second kappa shape index (κ2) is 12.2. The van der Waals surface area contributed by atoms with Crippen LogP contribution in [0.3, 0.4) is 0 Å². The van der Waals surface area contributed by atoms with Crippen molar-refractivity contribution < 1.29 is 56.2 Å². The maximum absolute atomic E-state index is 12.7. The number of alkyl halides is 6. The van der Waals surface area contributed by atoms with Crippen molar-refractivity contribution in [3.05, 3.63) is 24.6 Å². The van der Waals surface area contributed by atoms with Gasteiger partial charge in [-0.15, -0.1) is 9.24 Å². The number of hydrogen-bond acceptors (Lipinski definition) is 2. The Balaban J connectivity index is 0. The van der Waals surface area contributed by atoms with Crippen LogP contribution in [0.25, 0.3) is 0 Å². The van der Waals surface area contributed by atoms with E-state index in [4.69, 9.17) is 0 Å². The molecule has 0 spiro atoms. The summed E-state index contributed by atoms with van der Waals surface area (Å²) in [5.74, 6) is -0.784. The third-order valence-corrected chi connectivity index (χ3v) is 2.13. The van der Waals surface area contributed by atoms with E-state index in [1.54, 1.807) is 0 Å². The fraction of sp³-hybridized carbons (Fsp3) is 0.364. The Morgan fingerprint density at radius 3 is 1.41 bits per heavy atom. The first-order valence-corrected chi connectivity index (χ1v) is 6.26. The van der Waals surface area contributed by atoms with Gasteiger partial charge in [-0.3, -0.25) is 6.38 Å². The predicted molar refractivity (Wildman–Crippen MR) is 70.1 cm³/mol. The Morgan fingerprint density at radius 1 is 0.818 bits per heavy atom. The van der Waals surface area contributed by atoms with Crippen molar-refractivity contribution in [1.29, 1.82) is 0 Å². The van der Waals surface area contributed by atoms with Crippen molar-refractivity contribution in [1.82, 2.24) is 0 Å². The first-order valence-electron chi connectivity index (χ1n) is 5.14. The number of ether oxygens (including phenoxy) is 2. The van der Waals surface area contributed by atoms with Crippen LogP contribution in [0.1, 0.15) is 0 Å². The fourth-order valence-corrected chi connectivity index (χ4v) is 1.42. The Hall–Kier alpha value is -0.218. The van der Waals surface area contributed by atoms with Crippen LogP contribution in [0, 0.1) is 6.38 Å². The van der Waals surface area contributed by atoms with Crippen LogP contribution in [0.2, 0.25) is 0 Å². The van der Waals surface area contributed by atoms with Gasteiger partial charge in [0, 0.05) is 26.5 Å². The maximum atomic E-state index is 12.7. The zero-order valence-electron chi connectivity index (χ0n) is 10.6. The molecule has 1 aromatic carbocycles. The van der Waals surface area contributed by atoms with Crippen LogP contribution >= 0.6 is 20.8 Å². The van der Waals surface area contributed by atoms with Gasteiger partial charge in [-0.2, -0.15) is 8.78 Å². The second-order valence-electron chi connectivity index (χ2n) is 3.34. The van der Waals surface area contributed by atoms with Crippen LogP contribution in [-0.2, 0) is 20.4 Å². The molecule has 0 aliphatic carbocycles. The third kappa shape index (κ3) is 9.04. The van der Waals surface area contributed by atoms with E-state index in [0.29, 0.717) is 0 Å². The van der Waals surface area contributed by atoms with Crippen LogP contribution in [0.4, 0.5) is 26.3 Å². The first-order chi connectivity index (χ1) is 9.79. The predicted octanol–water partition coefficient (Wildman–Crippen LogP) is 4.08. The molecule has 0 radical (unpaired) electrons. The van der Waals surface area contributed by atoms with Crippen molar-refractivity contribution >= 4 is 26.1 Å². The minimum Gasteiger partial charge on any atom is -0.454 e. The summed E-state index contributed by atoms with van der Waals surface area (Å²) in [6, 6.07) is 3.11. The molecule has 3 unspecified atom stereocenters. The van der Waals surface area contributed by atoms with E-state index in [1.165, 1.54) is 0 Å². The number of rotatable bonds is 6. The minimum absolute atomic E-state index is 0. The molecule has 11 heteroatoms. The van der Waals surface area contributed by atoms with Crippen molar-refractivity contribution in [3.63, 3.8) is 0 Å². The van der Waals surface area contributed by atoms with Gasteiger partial charge in [0.05, 0.1) is 0 Å². The summed E-state index contributed by atoms with van der Waals surface area (Å²) < 4.78 is 81.5. The fourth-order valence-electron chi connectivity index (χ4n) is 1.09. The van der Waals surface area contributed by atoms with Gasteiger partial charge in [0.25, 0.3) is 12.7 Å². The van der Waals surface area contributed by atoms with Gasteiger partial charge in [0.2, 0.25) is 0 Å². The normalized spacial score (nSPS) is 12.9. The number of hydrogen-bond donors (Lipinski definition) is 0. The minimum atomic E-state index is -3.37.